The van der Waals surface area contributed by atoms with Crippen LogP contribution in [-0.2, 0) is 30.3 Å². The van der Waals surface area contributed by atoms with E-state index in [-0.39, 0.29) is 5.76 Å². The first-order chi connectivity index (χ1) is 27.3. The molecule has 2 N–H and O–H groups in total. The molecule has 2 aromatic carbocycles. The predicted molar refractivity (Wildman–Crippen MR) is 222 cm³/mol. The zero-order valence-electron chi connectivity index (χ0n) is 33.2. The minimum atomic E-state index is -3.14. The van der Waals surface area contributed by atoms with Gasteiger partial charge in [-0.25, -0.2) is 8.63 Å². The normalized spacial score (nSPS) is 14.5. The van der Waals surface area contributed by atoms with Gasteiger partial charge in [-0.1, -0.05) is 51.7 Å². The molecule has 2 aromatic heterocycles. The lowest BCUT2D eigenvalue weighted by Crippen LogP contribution is -2.09. The van der Waals surface area contributed by atoms with E-state index in [0.29, 0.717) is 61.7 Å². The van der Waals surface area contributed by atoms with Crippen molar-refractivity contribution in [3.63, 3.8) is 0 Å². The number of nitrogens with one attached hydrogen (secondary N) is 2. The van der Waals surface area contributed by atoms with Crippen molar-refractivity contribution < 1.29 is 27.6 Å². The fourth-order valence-electron chi connectivity index (χ4n) is 7.04. The number of aromatic nitrogens is 2. The van der Waals surface area contributed by atoms with Crippen molar-refractivity contribution in [2.75, 3.05) is 13.2 Å². The zero-order valence-corrected chi connectivity index (χ0v) is 33.2. The summed E-state index contributed by atoms with van der Waals surface area (Å²) in [5, 5.41) is 0. The first kappa shape index (κ1) is 41.8. The van der Waals surface area contributed by atoms with E-state index in [9.17, 15) is 13.4 Å². The van der Waals surface area contributed by atoms with Crippen LogP contribution < -0.4 is 9.47 Å². The van der Waals surface area contributed by atoms with E-state index in [1.54, 1.807) is 0 Å². The third-order valence-electron chi connectivity index (χ3n) is 9.93. The van der Waals surface area contributed by atoms with Crippen LogP contribution in [0.4, 0.5) is 8.63 Å². The maximum absolute atomic E-state index is 14.0. The summed E-state index contributed by atoms with van der Waals surface area (Å²) in [7, 11) is -3.14. The van der Waals surface area contributed by atoms with Gasteiger partial charge in [0, 0.05) is 17.2 Å². The highest BCUT2D eigenvalue weighted by atomic mass is 19.2. The molecule has 8 rings (SSSR count). The van der Waals surface area contributed by atoms with Gasteiger partial charge in [0.1, 0.15) is 17.3 Å². The highest BCUT2D eigenvalue weighted by molar-refractivity contribution is 6.36. The van der Waals surface area contributed by atoms with E-state index in [4.69, 9.17) is 14.1 Å². The second-order valence-electron chi connectivity index (χ2n) is 13.7. The Balaban J connectivity index is 1.48. The molecule has 9 heteroatoms. The molecule has 6 heterocycles. The highest BCUT2D eigenvalue weighted by Crippen LogP contribution is 2.30. The van der Waals surface area contributed by atoms with Gasteiger partial charge in [0.15, 0.2) is 0 Å². The number of hydrogen-bond donors (Lipinski definition) is 2. The predicted octanol–water partition coefficient (Wildman–Crippen LogP) is 11.0. The average molecular weight is 759 g/mol. The third-order valence-corrected chi connectivity index (χ3v) is 9.93. The summed E-state index contributed by atoms with van der Waals surface area (Å²) in [6.45, 7) is 9.23. The van der Waals surface area contributed by atoms with Crippen molar-refractivity contribution in [1.29, 1.82) is 0 Å². The van der Waals surface area contributed by atoms with Gasteiger partial charge in [-0.3, -0.25) is 4.79 Å². The molecule has 4 aliphatic heterocycles. The molecule has 292 valence electrons. The summed E-state index contributed by atoms with van der Waals surface area (Å²) in [4.78, 5) is 20.5. The first-order valence-electron chi connectivity index (χ1n) is 20.2. The minimum Gasteiger partial charge on any atom is -0.503 e. The van der Waals surface area contributed by atoms with Crippen molar-refractivity contribution >= 4 is 19.0 Å². The Morgan fingerprint density at radius 1 is 0.607 bits per heavy atom. The number of ketones is 1. The summed E-state index contributed by atoms with van der Waals surface area (Å²) in [6.07, 6.45) is 16.7. The number of rotatable bonds is 6. The standard InChI is InChI=1S/C47H53BF2N2O4/c1-5-38-40(7-3)46-44(53)33-45(56-48(49)50)47-41(8-4)39(6-2)43(52-47)30-24-35-21-27-37(28-22-35)55-32-18-16-14-12-10-9-11-13-15-17-31-54-36-25-19-34(20-26-36)23-29-42(38)51-46/h9-10,19-22,25-28,33,51-52H,5-8,11-18,31-32H2,1-4H3. The molecule has 0 aliphatic carbocycles. The van der Waals surface area contributed by atoms with Crippen molar-refractivity contribution in [3.05, 3.63) is 123 Å². The molecule has 4 aromatic rings. The first-order valence-corrected chi connectivity index (χ1v) is 20.2. The number of halogens is 2. The molecule has 0 radical (unpaired) electrons. The Bertz CT molecular complexity index is 2090. The summed E-state index contributed by atoms with van der Waals surface area (Å²) in [5.74, 6) is 13.7. The van der Waals surface area contributed by atoms with Crippen LogP contribution in [0.25, 0.3) is 5.76 Å². The lowest BCUT2D eigenvalue weighted by Gasteiger charge is -2.10. The fraction of sp³-hybridized carbons (Fsp3) is 0.383. The number of allylic oxidation sites excluding steroid dienone is 3. The van der Waals surface area contributed by atoms with Crippen molar-refractivity contribution in [1.82, 2.24) is 9.97 Å². The maximum atomic E-state index is 14.0. The van der Waals surface area contributed by atoms with E-state index in [1.807, 2.05) is 76.2 Å². The molecule has 4 aliphatic rings. The summed E-state index contributed by atoms with van der Waals surface area (Å²) in [6, 6.07) is 15.3. The van der Waals surface area contributed by atoms with Crippen LogP contribution in [0.3, 0.4) is 0 Å². The molecular formula is C47H53BF2N2O4. The Kier molecular flexibility index (Phi) is 16.1. The van der Waals surface area contributed by atoms with Gasteiger partial charge in [-0.2, -0.15) is 0 Å². The molecular weight excluding hydrogens is 705 g/mol. The highest BCUT2D eigenvalue weighted by Gasteiger charge is 2.27. The number of benzene rings is 2. The molecule has 8 bridgehead atoms. The van der Waals surface area contributed by atoms with Gasteiger partial charge in [0.05, 0.1) is 36.0 Å². The van der Waals surface area contributed by atoms with Gasteiger partial charge < -0.3 is 24.1 Å². The molecule has 0 fully saturated rings. The van der Waals surface area contributed by atoms with E-state index in [0.717, 1.165) is 102 Å². The molecule has 0 unspecified atom stereocenters. The fourth-order valence-corrected chi connectivity index (χ4v) is 7.04. The molecule has 0 amide bonds. The molecule has 0 spiro atoms. The second-order valence-corrected chi connectivity index (χ2v) is 13.7. The third kappa shape index (κ3) is 11.6. The lowest BCUT2D eigenvalue weighted by atomic mass is 10.00. The summed E-state index contributed by atoms with van der Waals surface area (Å²) >= 11 is 0. The number of aromatic amines is 2. The van der Waals surface area contributed by atoms with Crippen LogP contribution >= 0.6 is 0 Å². The zero-order chi connectivity index (χ0) is 39.7. The van der Waals surface area contributed by atoms with Crippen LogP contribution in [0.15, 0.2) is 66.8 Å². The smallest absolute Gasteiger partial charge is 0.503 e. The molecule has 0 saturated carbocycles. The second kappa shape index (κ2) is 21.6. The Hall–Kier alpha value is -5.41. The van der Waals surface area contributed by atoms with Crippen molar-refractivity contribution in [2.45, 2.75) is 105 Å². The quantitative estimate of drug-likeness (QED) is 0.117. The molecule has 0 atom stereocenters. The number of carbonyl (C=O) groups excluding carboxylic acids is 1. The van der Waals surface area contributed by atoms with Crippen LogP contribution in [0.1, 0.15) is 140 Å². The molecule has 0 saturated heterocycles. The van der Waals surface area contributed by atoms with Crippen LogP contribution in [-0.4, -0.2) is 36.4 Å². The van der Waals surface area contributed by atoms with Crippen molar-refractivity contribution in [3.8, 4) is 35.2 Å². The van der Waals surface area contributed by atoms with E-state index < -0.39 is 13.3 Å². The van der Waals surface area contributed by atoms with E-state index in [2.05, 4.69) is 45.8 Å². The number of H-pyrrole nitrogens is 2. The van der Waals surface area contributed by atoms with Crippen LogP contribution in [0, 0.1) is 23.7 Å². The lowest BCUT2D eigenvalue weighted by molar-refractivity contribution is 0.104. The van der Waals surface area contributed by atoms with E-state index >= 15 is 0 Å². The van der Waals surface area contributed by atoms with Crippen LogP contribution in [0.2, 0.25) is 0 Å². The van der Waals surface area contributed by atoms with Crippen molar-refractivity contribution in [2.24, 2.45) is 0 Å². The summed E-state index contributed by atoms with van der Waals surface area (Å²) < 4.78 is 45.0. The topological polar surface area (TPSA) is 76.3 Å². The minimum absolute atomic E-state index is 0.236. The van der Waals surface area contributed by atoms with Gasteiger partial charge in [-0.05, 0) is 160 Å². The SMILES string of the molecule is CCc1c2[nH]c(c1CC)C(=O)C=C(OB(F)F)c1[nH]c(c(CC)c1CC)C#Cc1ccc(cc1)OCCCCCC=CCCCCCOc1ccc(cc1)C#C2. The number of ether oxygens (including phenoxy) is 2. The number of carbonyl (C=O) groups is 1. The average Bonchev–Trinajstić information content (AvgIpc) is 3.76. The Labute approximate surface area is 331 Å². The maximum Gasteiger partial charge on any atom is 0.796 e. The Morgan fingerprint density at radius 3 is 1.50 bits per heavy atom. The van der Waals surface area contributed by atoms with Gasteiger partial charge >= 0.3 is 7.47 Å². The van der Waals surface area contributed by atoms with Gasteiger partial charge in [0.25, 0.3) is 0 Å². The summed E-state index contributed by atoms with van der Waals surface area (Å²) in [5.41, 5.74) is 6.84. The largest absolute Gasteiger partial charge is 0.796 e. The Morgan fingerprint density at radius 2 is 1.05 bits per heavy atom. The molecule has 6 nitrogen and oxygen atoms in total. The van der Waals surface area contributed by atoms with E-state index in [1.165, 1.54) is 0 Å². The van der Waals surface area contributed by atoms with Gasteiger partial charge in [0.2, 0.25) is 5.78 Å². The van der Waals surface area contributed by atoms with Gasteiger partial charge in [-0.15, -0.1) is 0 Å². The van der Waals surface area contributed by atoms with Crippen LogP contribution in [0.5, 0.6) is 11.5 Å². The monoisotopic (exact) mass is 758 g/mol. The number of hydrogen-bond acceptors (Lipinski definition) is 4. The molecule has 56 heavy (non-hydrogen) atoms.